The second-order valence-electron chi connectivity index (χ2n) is 28.4. The molecule has 388 valence electrons. The van der Waals surface area contributed by atoms with Gasteiger partial charge in [0, 0.05) is 48.5 Å². The minimum absolute atomic E-state index is 0.0177. The third-order valence-corrected chi connectivity index (χ3v) is 20.4. The Labute approximate surface area is 464 Å². The van der Waals surface area contributed by atoms with E-state index in [2.05, 4.69) is 259 Å². The summed E-state index contributed by atoms with van der Waals surface area (Å²) in [6.45, 7) is 36.2. The van der Waals surface area contributed by atoms with E-state index in [1.165, 1.54) is 138 Å². The van der Waals surface area contributed by atoms with Crippen LogP contribution < -0.4 is 26.2 Å². The van der Waals surface area contributed by atoms with Gasteiger partial charge in [-0.3, -0.25) is 0 Å². The Balaban J connectivity index is 1.23. The molecule has 0 N–H and O–H groups in total. The first-order valence-corrected chi connectivity index (χ1v) is 29.5. The van der Waals surface area contributed by atoms with Gasteiger partial charge < -0.3 is 9.80 Å². The molecule has 2 nitrogen and oxygen atoms in total. The van der Waals surface area contributed by atoms with E-state index >= 15 is 0 Å². The highest BCUT2D eigenvalue weighted by atomic mass is 32.1. The lowest BCUT2D eigenvalue weighted by Crippen LogP contribution is -2.62. The van der Waals surface area contributed by atoms with Crippen LogP contribution in [0.15, 0.2) is 146 Å². The van der Waals surface area contributed by atoms with Crippen molar-refractivity contribution in [2.24, 2.45) is 0 Å². The predicted octanol–water partition coefficient (Wildman–Crippen LogP) is 19.1. The van der Waals surface area contributed by atoms with Gasteiger partial charge in [-0.25, -0.2) is 0 Å². The van der Waals surface area contributed by atoms with Gasteiger partial charge in [-0.15, -0.1) is 11.3 Å². The van der Waals surface area contributed by atoms with Gasteiger partial charge >= 0.3 is 0 Å². The number of fused-ring (bicyclic) bond motifs is 10. The van der Waals surface area contributed by atoms with Crippen molar-refractivity contribution in [3.05, 3.63) is 185 Å². The van der Waals surface area contributed by atoms with Crippen molar-refractivity contribution in [3.8, 4) is 22.3 Å². The van der Waals surface area contributed by atoms with Gasteiger partial charge in [-0.05, 0) is 192 Å². The third-order valence-electron chi connectivity index (χ3n) is 19.2. The molecule has 2 aliphatic carbocycles. The predicted molar refractivity (Wildman–Crippen MR) is 337 cm³/mol. The number of hydrogen-bond donors (Lipinski definition) is 0. The average molecular weight is 1030 g/mol. The topological polar surface area (TPSA) is 6.48 Å². The minimum atomic E-state index is -0.0528. The van der Waals surface area contributed by atoms with Crippen molar-refractivity contribution in [1.82, 2.24) is 0 Å². The van der Waals surface area contributed by atoms with Crippen LogP contribution >= 0.6 is 11.3 Å². The molecule has 4 heteroatoms. The molecule has 0 fully saturated rings. The van der Waals surface area contributed by atoms with E-state index in [-0.39, 0.29) is 39.2 Å². The summed E-state index contributed by atoms with van der Waals surface area (Å²) >= 11 is 1.95. The Bertz CT molecular complexity index is 3920. The largest absolute Gasteiger partial charge is 0.311 e. The summed E-state index contributed by atoms with van der Waals surface area (Å²) in [6, 6.07) is 58.2. The molecule has 0 unspecified atom stereocenters. The first kappa shape index (κ1) is 50.2. The van der Waals surface area contributed by atoms with Crippen molar-refractivity contribution in [3.63, 3.8) is 0 Å². The standard InChI is InChI=1S/C73H77BN2S/c1-44-21-19-20-24-50(44)46-37-61-66-62(38-46)76(59-31-26-47(68(2,3)4)39-52(59)45-22-17-16-18-23-45)67-57(30-32-63-65(67)51-28-25-48(69(5,6)7)40-64(51)77-63)74(66)58-42-55-56(73(14,15)36-35-72(55,12)13)43-60(58)75(61)49-27-29-53-54(41-49)71(10,11)34-33-70(53,8)9/h16-32,37-43H,33-36H2,1-15H3. The van der Waals surface area contributed by atoms with E-state index in [0.717, 1.165) is 19.3 Å². The zero-order valence-corrected chi connectivity index (χ0v) is 49.4. The number of hydrogen-bond acceptors (Lipinski definition) is 3. The molecule has 9 aromatic rings. The molecular formula is C73H77BN2S. The Morgan fingerprint density at radius 3 is 1.69 bits per heavy atom. The van der Waals surface area contributed by atoms with E-state index in [9.17, 15) is 0 Å². The van der Waals surface area contributed by atoms with Gasteiger partial charge in [0.2, 0.25) is 0 Å². The van der Waals surface area contributed by atoms with Crippen molar-refractivity contribution in [1.29, 1.82) is 0 Å². The number of nitrogens with zero attached hydrogens (tertiary/aromatic N) is 2. The second-order valence-corrected chi connectivity index (χ2v) is 29.4. The Kier molecular flexibility index (Phi) is 11.0. The SMILES string of the molecule is Cc1ccccc1-c1cc2c3c(c1)N(c1ccc(C(C)(C)C)cc1-c1ccccc1)c1c(ccc4sc5cc(C(C)(C)C)ccc5c14)B3c1cc3c(cc1N2c1ccc2c(c1)C(C)(C)CCC2(C)C)C(C)(C)CCC3(C)C. The zero-order valence-electron chi connectivity index (χ0n) is 48.6. The maximum Gasteiger partial charge on any atom is 0.252 e. The first-order valence-electron chi connectivity index (χ1n) is 28.7. The summed E-state index contributed by atoms with van der Waals surface area (Å²) in [6.07, 6.45) is 4.67. The Hall–Kier alpha value is -6.36. The van der Waals surface area contributed by atoms with Crippen molar-refractivity contribution in [2.75, 3.05) is 9.80 Å². The van der Waals surface area contributed by atoms with Crippen LogP contribution in [0.1, 0.15) is 162 Å². The van der Waals surface area contributed by atoms with Crippen LogP contribution in [0.3, 0.4) is 0 Å². The summed E-state index contributed by atoms with van der Waals surface area (Å²) in [7, 11) is 0. The molecule has 1 aromatic heterocycles. The van der Waals surface area contributed by atoms with Crippen molar-refractivity contribution >= 4 is 88.7 Å². The molecule has 0 spiro atoms. The summed E-state index contributed by atoms with van der Waals surface area (Å²) < 4.78 is 2.67. The highest BCUT2D eigenvalue weighted by Gasteiger charge is 2.48. The van der Waals surface area contributed by atoms with E-state index < -0.39 is 0 Å². The molecule has 2 aliphatic heterocycles. The van der Waals surface area contributed by atoms with E-state index in [1.54, 1.807) is 0 Å². The fourth-order valence-electron chi connectivity index (χ4n) is 14.2. The molecule has 4 aliphatic rings. The zero-order chi connectivity index (χ0) is 54.1. The van der Waals surface area contributed by atoms with E-state index in [0.29, 0.717) is 0 Å². The van der Waals surface area contributed by atoms with Gasteiger partial charge in [0.1, 0.15) is 0 Å². The van der Waals surface area contributed by atoms with Crippen molar-refractivity contribution < 1.29 is 0 Å². The third kappa shape index (κ3) is 7.76. The number of anilines is 6. The highest BCUT2D eigenvalue weighted by Crippen LogP contribution is 2.56. The fraction of sp³-hybridized carbons (Fsp3) is 0.342. The van der Waals surface area contributed by atoms with Crippen LogP contribution in [-0.4, -0.2) is 6.71 Å². The van der Waals surface area contributed by atoms with Crippen LogP contribution in [0.2, 0.25) is 0 Å². The van der Waals surface area contributed by atoms with Crippen LogP contribution in [-0.2, 0) is 32.5 Å². The number of benzene rings is 8. The lowest BCUT2D eigenvalue weighted by atomic mass is 9.33. The molecule has 0 atom stereocenters. The molecule has 0 amide bonds. The maximum absolute atomic E-state index is 2.75. The quantitative estimate of drug-likeness (QED) is 0.162. The van der Waals surface area contributed by atoms with Gasteiger partial charge in [0.15, 0.2) is 0 Å². The van der Waals surface area contributed by atoms with Gasteiger partial charge in [0.25, 0.3) is 6.71 Å². The Morgan fingerprint density at radius 2 is 1.03 bits per heavy atom. The summed E-state index contributed by atoms with van der Waals surface area (Å²) in [5, 5.41) is 2.68. The number of aryl methyl sites for hydroxylation is 1. The molecule has 0 radical (unpaired) electrons. The second kappa shape index (κ2) is 16.8. The summed E-state index contributed by atoms with van der Waals surface area (Å²) in [5.41, 5.74) is 26.8. The normalized spacial score (nSPS) is 17.7. The summed E-state index contributed by atoms with van der Waals surface area (Å²) in [4.78, 5) is 5.49. The van der Waals surface area contributed by atoms with Crippen LogP contribution in [0.4, 0.5) is 34.1 Å². The van der Waals surface area contributed by atoms with Crippen LogP contribution in [0.5, 0.6) is 0 Å². The molecule has 0 bridgehead atoms. The van der Waals surface area contributed by atoms with Gasteiger partial charge in [-0.1, -0.05) is 188 Å². The lowest BCUT2D eigenvalue weighted by molar-refractivity contribution is 0.332. The minimum Gasteiger partial charge on any atom is -0.311 e. The number of rotatable bonds is 4. The van der Waals surface area contributed by atoms with Crippen LogP contribution in [0.25, 0.3) is 42.4 Å². The van der Waals surface area contributed by atoms with Gasteiger partial charge in [0.05, 0.1) is 11.4 Å². The molecular weight excluding hydrogens is 948 g/mol. The van der Waals surface area contributed by atoms with E-state index in [4.69, 9.17) is 0 Å². The summed E-state index contributed by atoms with van der Waals surface area (Å²) in [5.74, 6) is 0. The van der Waals surface area contributed by atoms with Crippen LogP contribution in [0, 0.1) is 6.92 Å². The maximum atomic E-state index is 2.75. The molecule has 8 aromatic carbocycles. The molecule has 3 heterocycles. The molecule has 13 rings (SSSR count). The molecule has 0 saturated heterocycles. The smallest absolute Gasteiger partial charge is 0.252 e. The highest BCUT2D eigenvalue weighted by molar-refractivity contribution is 7.26. The van der Waals surface area contributed by atoms with Crippen molar-refractivity contribution in [2.45, 2.75) is 162 Å². The number of thiophene rings is 1. The fourth-order valence-corrected chi connectivity index (χ4v) is 15.4. The Morgan fingerprint density at radius 1 is 0.442 bits per heavy atom. The van der Waals surface area contributed by atoms with Gasteiger partial charge in [-0.2, -0.15) is 0 Å². The molecule has 0 saturated carbocycles. The average Bonchev–Trinajstić information content (AvgIpc) is 3.79. The lowest BCUT2D eigenvalue weighted by Gasteiger charge is -2.48. The first-order chi connectivity index (χ1) is 36.3. The monoisotopic (exact) mass is 1020 g/mol. The van der Waals surface area contributed by atoms with E-state index in [1.807, 2.05) is 11.3 Å². The molecule has 77 heavy (non-hydrogen) atoms.